The Balaban J connectivity index is 1.39. The fraction of sp³-hybridized carbons (Fsp3) is 0.391. The smallest absolute Gasteiger partial charge is 0.228 e. The molecule has 0 radical (unpaired) electrons. The molecule has 2 aromatic carbocycles. The van der Waals surface area contributed by atoms with Crippen LogP contribution in [0.2, 0.25) is 5.02 Å². The third kappa shape index (κ3) is 4.82. The lowest BCUT2D eigenvalue weighted by Gasteiger charge is -2.28. The van der Waals surface area contributed by atoms with Crippen LogP contribution in [0.1, 0.15) is 17.5 Å². The molecule has 3 aromatic rings. The number of anilines is 1. The third-order valence-electron chi connectivity index (χ3n) is 5.40. The average molecular weight is 473 g/mol. The van der Waals surface area contributed by atoms with Gasteiger partial charge in [-0.3, -0.25) is 4.57 Å². The molecule has 0 aliphatic carbocycles. The number of nitrogens with zero attached hydrogens (tertiary/aromatic N) is 4. The summed E-state index contributed by atoms with van der Waals surface area (Å²) in [7, 11) is 0. The summed E-state index contributed by atoms with van der Waals surface area (Å²) in [5, 5.41) is 10.5. The minimum absolute atomic E-state index is 0.583. The number of ether oxygens (including phenoxy) is 3. The van der Waals surface area contributed by atoms with E-state index in [0.29, 0.717) is 55.2 Å². The molecular formula is C23H25ClN4O3S. The van der Waals surface area contributed by atoms with Crippen molar-refractivity contribution in [1.29, 1.82) is 0 Å². The summed E-state index contributed by atoms with van der Waals surface area (Å²) in [5.41, 5.74) is 2.27. The minimum atomic E-state index is 0.583. The summed E-state index contributed by atoms with van der Waals surface area (Å²) in [4.78, 5) is 2.24. The third-order valence-corrected chi connectivity index (χ3v) is 6.72. The molecule has 0 spiro atoms. The highest BCUT2D eigenvalue weighted by atomic mass is 35.5. The van der Waals surface area contributed by atoms with Crippen molar-refractivity contribution < 1.29 is 14.2 Å². The predicted molar refractivity (Wildman–Crippen MR) is 125 cm³/mol. The van der Waals surface area contributed by atoms with Crippen LogP contribution in [0.5, 0.6) is 11.5 Å². The molecule has 1 saturated heterocycles. The summed E-state index contributed by atoms with van der Waals surface area (Å²) in [6.07, 6.45) is 0.849. The highest BCUT2D eigenvalue weighted by Gasteiger charge is 2.22. The fourth-order valence-corrected chi connectivity index (χ4v) is 4.96. The van der Waals surface area contributed by atoms with Gasteiger partial charge in [0.25, 0.3) is 0 Å². The van der Waals surface area contributed by atoms with E-state index in [9.17, 15) is 0 Å². The zero-order chi connectivity index (χ0) is 21.8. The fourth-order valence-electron chi connectivity index (χ4n) is 3.80. The molecule has 7 nitrogen and oxygen atoms in total. The van der Waals surface area contributed by atoms with Crippen molar-refractivity contribution in [2.45, 2.75) is 23.9 Å². The van der Waals surface area contributed by atoms with Crippen molar-refractivity contribution >= 4 is 29.3 Å². The topological polar surface area (TPSA) is 61.6 Å². The Morgan fingerprint density at radius 2 is 1.75 bits per heavy atom. The Morgan fingerprint density at radius 3 is 2.59 bits per heavy atom. The average Bonchev–Trinajstić information content (AvgIpc) is 3.05. The standard InChI is InChI=1S/C23H25ClN4O3S/c24-19-13-18(14-20-21(19)31-10-4-9-30-20)16-32-23-26-25-22(27-7-11-29-12-8-27)28(23)15-17-5-2-1-3-6-17/h1-3,5-6,13-14H,4,7-12,15-16H2. The van der Waals surface area contributed by atoms with Crippen molar-refractivity contribution in [2.75, 3.05) is 44.4 Å². The van der Waals surface area contributed by atoms with Gasteiger partial charge < -0.3 is 19.1 Å². The molecule has 1 aromatic heterocycles. The van der Waals surface area contributed by atoms with Crippen LogP contribution in [0.25, 0.3) is 0 Å². The van der Waals surface area contributed by atoms with Gasteiger partial charge in [0.2, 0.25) is 5.95 Å². The number of thioether (sulfide) groups is 1. The first-order valence-electron chi connectivity index (χ1n) is 10.8. The van der Waals surface area contributed by atoms with Gasteiger partial charge in [0.15, 0.2) is 16.7 Å². The maximum atomic E-state index is 6.48. The minimum Gasteiger partial charge on any atom is -0.489 e. The number of halogens is 1. The Morgan fingerprint density at radius 1 is 0.938 bits per heavy atom. The van der Waals surface area contributed by atoms with Crippen LogP contribution < -0.4 is 14.4 Å². The van der Waals surface area contributed by atoms with Gasteiger partial charge in [-0.15, -0.1) is 10.2 Å². The van der Waals surface area contributed by atoms with E-state index in [-0.39, 0.29) is 0 Å². The number of hydrogen-bond donors (Lipinski definition) is 0. The quantitative estimate of drug-likeness (QED) is 0.496. The van der Waals surface area contributed by atoms with Crippen LogP contribution in [0, 0.1) is 0 Å². The van der Waals surface area contributed by atoms with E-state index in [1.165, 1.54) is 5.56 Å². The Bertz CT molecular complexity index is 1060. The molecule has 0 saturated carbocycles. The maximum Gasteiger partial charge on any atom is 0.228 e. The molecular weight excluding hydrogens is 448 g/mol. The van der Waals surface area contributed by atoms with Crippen LogP contribution in [0.15, 0.2) is 47.6 Å². The van der Waals surface area contributed by atoms with E-state index >= 15 is 0 Å². The van der Waals surface area contributed by atoms with Gasteiger partial charge >= 0.3 is 0 Å². The number of hydrogen-bond acceptors (Lipinski definition) is 7. The molecule has 9 heteroatoms. The van der Waals surface area contributed by atoms with Gasteiger partial charge in [0.05, 0.1) is 38.0 Å². The second-order valence-corrected chi connectivity index (χ2v) is 9.05. The first-order valence-corrected chi connectivity index (χ1v) is 12.1. The van der Waals surface area contributed by atoms with E-state index in [4.69, 9.17) is 25.8 Å². The Kier molecular flexibility index (Phi) is 6.71. The zero-order valence-electron chi connectivity index (χ0n) is 17.7. The van der Waals surface area contributed by atoms with E-state index in [1.54, 1.807) is 11.8 Å². The van der Waals surface area contributed by atoms with Gasteiger partial charge in [-0.25, -0.2) is 0 Å². The molecule has 0 bridgehead atoms. The highest BCUT2D eigenvalue weighted by Crippen LogP contribution is 2.39. The Labute approximate surface area is 196 Å². The highest BCUT2D eigenvalue weighted by molar-refractivity contribution is 7.98. The molecule has 1 fully saturated rings. The number of fused-ring (bicyclic) bond motifs is 1. The van der Waals surface area contributed by atoms with Crippen molar-refractivity contribution in [2.24, 2.45) is 0 Å². The van der Waals surface area contributed by atoms with Crippen molar-refractivity contribution in [3.63, 3.8) is 0 Å². The van der Waals surface area contributed by atoms with E-state index in [2.05, 4.69) is 43.9 Å². The second-order valence-electron chi connectivity index (χ2n) is 7.70. The van der Waals surface area contributed by atoms with Crippen LogP contribution >= 0.6 is 23.4 Å². The van der Waals surface area contributed by atoms with Crippen LogP contribution in [0.4, 0.5) is 5.95 Å². The van der Waals surface area contributed by atoms with Crippen molar-refractivity contribution in [1.82, 2.24) is 14.8 Å². The van der Waals surface area contributed by atoms with Gasteiger partial charge in [-0.05, 0) is 23.3 Å². The van der Waals surface area contributed by atoms with Crippen molar-refractivity contribution in [3.05, 3.63) is 58.6 Å². The number of benzene rings is 2. The largest absolute Gasteiger partial charge is 0.489 e. The SMILES string of the molecule is Clc1cc(CSc2nnc(N3CCOCC3)n2Cc2ccccc2)cc2c1OCCCO2. The predicted octanol–water partition coefficient (Wildman–Crippen LogP) is 4.27. The molecule has 0 amide bonds. The second kappa shape index (κ2) is 10.0. The number of aromatic nitrogens is 3. The summed E-state index contributed by atoms with van der Waals surface area (Å²) in [5.74, 6) is 2.94. The lowest BCUT2D eigenvalue weighted by molar-refractivity contribution is 0.121. The lowest BCUT2D eigenvalue weighted by Crippen LogP contribution is -2.38. The molecule has 3 heterocycles. The number of rotatable bonds is 6. The first-order chi connectivity index (χ1) is 15.8. The molecule has 2 aliphatic rings. The molecule has 2 aliphatic heterocycles. The summed E-state index contributed by atoms with van der Waals surface area (Å²) >= 11 is 8.13. The van der Waals surface area contributed by atoms with Crippen LogP contribution in [-0.2, 0) is 17.0 Å². The summed E-state index contributed by atoms with van der Waals surface area (Å²) in [6.45, 7) is 5.00. The lowest BCUT2D eigenvalue weighted by atomic mass is 10.2. The molecule has 0 unspecified atom stereocenters. The molecule has 32 heavy (non-hydrogen) atoms. The maximum absolute atomic E-state index is 6.48. The van der Waals surface area contributed by atoms with Gasteiger partial charge in [0.1, 0.15) is 0 Å². The van der Waals surface area contributed by atoms with E-state index in [1.807, 2.05) is 18.2 Å². The van der Waals surface area contributed by atoms with Crippen molar-refractivity contribution in [3.8, 4) is 11.5 Å². The molecule has 0 N–H and O–H groups in total. The van der Waals surface area contributed by atoms with Gasteiger partial charge in [0, 0.05) is 25.3 Å². The Hall–Kier alpha value is -2.42. The van der Waals surface area contributed by atoms with Crippen LogP contribution in [0.3, 0.4) is 0 Å². The molecule has 168 valence electrons. The van der Waals surface area contributed by atoms with E-state index < -0.39 is 0 Å². The molecule has 5 rings (SSSR count). The monoisotopic (exact) mass is 472 g/mol. The van der Waals surface area contributed by atoms with Crippen LogP contribution in [-0.4, -0.2) is 54.3 Å². The first kappa shape index (κ1) is 21.4. The van der Waals surface area contributed by atoms with Gasteiger partial charge in [-0.2, -0.15) is 0 Å². The summed E-state index contributed by atoms with van der Waals surface area (Å²) < 4.78 is 19.3. The summed E-state index contributed by atoms with van der Waals surface area (Å²) in [6, 6.07) is 14.4. The normalized spacial score (nSPS) is 16.1. The number of morpholine rings is 1. The van der Waals surface area contributed by atoms with E-state index in [0.717, 1.165) is 36.2 Å². The van der Waals surface area contributed by atoms with Gasteiger partial charge in [-0.1, -0.05) is 53.7 Å². The molecule has 0 atom stereocenters. The zero-order valence-corrected chi connectivity index (χ0v) is 19.3.